The molecule has 21 heavy (non-hydrogen) atoms. The van der Waals surface area contributed by atoms with Gasteiger partial charge < -0.3 is 19.9 Å². The molecule has 1 fully saturated rings. The van der Waals surface area contributed by atoms with Crippen LogP contribution in [0, 0.1) is 5.41 Å². The molecule has 0 saturated heterocycles. The van der Waals surface area contributed by atoms with Crippen LogP contribution in [0.3, 0.4) is 0 Å². The number of hydrogen-bond acceptors (Lipinski definition) is 4. The summed E-state index contributed by atoms with van der Waals surface area (Å²) in [5.74, 6) is 0.789. The van der Waals surface area contributed by atoms with Crippen molar-refractivity contribution >= 4 is 0 Å². The average molecular weight is 293 g/mol. The van der Waals surface area contributed by atoms with Gasteiger partial charge in [-0.1, -0.05) is 32.0 Å². The number of aliphatic hydroxyl groups excluding tert-OH is 1. The fraction of sp³-hybridized carbons (Fsp3) is 0.647. The third-order valence-corrected chi connectivity index (χ3v) is 4.33. The molecule has 4 heteroatoms. The van der Waals surface area contributed by atoms with E-state index in [9.17, 15) is 5.11 Å². The molecule has 0 bridgehead atoms. The van der Waals surface area contributed by atoms with Crippen LogP contribution < -0.4 is 10.1 Å². The van der Waals surface area contributed by atoms with E-state index < -0.39 is 6.10 Å². The topological polar surface area (TPSA) is 50.7 Å². The van der Waals surface area contributed by atoms with E-state index in [1.54, 1.807) is 0 Å². The van der Waals surface area contributed by atoms with Gasteiger partial charge in [0, 0.05) is 24.6 Å². The third-order valence-electron chi connectivity index (χ3n) is 4.33. The van der Waals surface area contributed by atoms with Crippen molar-refractivity contribution < 1.29 is 14.6 Å². The lowest BCUT2D eigenvalue weighted by Gasteiger charge is -2.52. The molecule has 0 heterocycles. The Balaban J connectivity index is 1.67. The molecule has 2 N–H and O–H groups in total. The molecule has 1 aromatic rings. The molecule has 118 valence electrons. The standard InChI is InChI=1S/C17H27NO3/c1-4-20-16-10-15(17(16,2)3)18-11-13(19)12-21-14-8-6-5-7-9-14/h5-9,13,15-16,18-19H,4,10-12H2,1-3H3. The van der Waals surface area contributed by atoms with E-state index in [2.05, 4.69) is 19.2 Å². The molecule has 0 radical (unpaired) electrons. The minimum Gasteiger partial charge on any atom is -0.491 e. The van der Waals surface area contributed by atoms with Gasteiger partial charge in [0.05, 0.1) is 6.10 Å². The van der Waals surface area contributed by atoms with E-state index in [0.717, 1.165) is 18.8 Å². The van der Waals surface area contributed by atoms with Crippen LogP contribution >= 0.6 is 0 Å². The van der Waals surface area contributed by atoms with Crippen molar-refractivity contribution in [3.63, 3.8) is 0 Å². The first kappa shape index (κ1) is 16.3. The monoisotopic (exact) mass is 293 g/mol. The first-order valence-corrected chi connectivity index (χ1v) is 7.75. The summed E-state index contributed by atoms with van der Waals surface area (Å²) in [6, 6.07) is 9.96. The number of ether oxygens (including phenoxy) is 2. The van der Waals surface area contributed by atoms with E-state index in [-0.39, 0.29) is 5.41 Å². The lowest BCUT2D eigenvalue weighted by molar-refractivity contribution is -0.115. The summed E-state index contributed by atoms with van der Waals surface area (Å²) in [4.78, 5) is 0. The van der Waals surface area contributed by atoms with Gasteiger partial charge in [0.15, 0.2) is 0 Å². The normalized spacial score (nSPS) is 25.1. The molecule has 0 amide bonds. The van der Waals surface area contributed by atoms with E-state index in [1.807, 2.05) is 37.3 Å². The molecule has 1 aliphatic rings. The summed E-state index contributed by atoms with van der Waals surface area (Å²) in [5.41, 5.74) is 0.121. The zero-order valence-electron chi connectivity index (χ0n) is 13.2. The highest BCUT2D eigenvalue weighted by molar-refractivity contribution is 5.20. The Morgan fingerprint density at radius 1 is 1.33 bits per heavy atom. The van der Waals surface area contributed by atoms with Gasteiger partial charge in [0.2, 0.25) is 0 Å². The molecule has 1 aliphatic carbocycles. The predicted octanol–water partition coefficient (Wildman–Crippen LogP) is 2.22. The average Bonchev–Trinajstić information content (AvgIpc) is 2.49. The van der Waals surface area contributed by atoms with Crippen LogP contribution in [0.5, 0.6) is 5.75 Å². The van der Waals surface area contributed by atoms with E-state index in [1.165, 1.54) is 0 Å². The number of rotatable bonds is 8. The quantitative estimate of drug-likeness (QED) is 0.771. The van der Waals surface area contributed by atoms with Crippen LogP contribution in [0.2, 0.25) is 0 Å². The summed E-state index contributed by atoms with van der Waals surface area (Å²) >= 11 is 0. The van der Waals surface area contributed by atoms with E-state index in [4.69, 9.17) is 9.47 Å². The summed E-state index contributed by atoms with van der Waals surface area (Å²) in [7, 11) is 0. The van der Waals surface area contributed by atoms with Crippen molar-refractivity contribution in [3.05, 3.63) is 30.3 Å². The molecule has 4 nitrogen and oxygen atoms in total. The number of para-hydroxylation sites is 1. The Hall–Kier alpha value is -1.10. The van der Waals surface area contributed by atoms with E-state index >= 15 is 0 Å². The van der Waals surface area contributed by atoms with Crippen LogP contribution in [-0.4, -0.2) is 43.1 Å². The lowest BCUT2D eigenvalue weighted by Crippen LogP contribution is -2.62. The predicted molar refractivity (Wildman–Crippen MR) is 83.5 cm³/mol. The summed E-state index contributed by atoms with van der Waals surface area (Å²) in [6.07, 6.45) is 0.817. The molecule has 1 saturated carbocycles. The lowest BCUT2D eigenvalue weighted by atomic mass is 9.64. The number of hydrogen-bond donors (Lipinski definition) is 2. The molecule has 1 aromatic carbocycles. The van der Waals surface area contributed by atoms with Gasteiger partial charge in [-0.2, -0.15) is 0 Å². The summed E-state index contributed by atoms with van der Waals surface area (Å²) in [6.45, 7) is 8.05. The Morgan fingerprint density at radius 3 is 2.67 bits per heavy atom. The number of benzene rings is 1. The van der Waals surface area contributed by atoms with Gasteiger partial charge in [-0.3, -0.25) is 0 Å². The maximum absolute atomic E-state index is 10.00. The molecule has 0 spiro atoms. The van der Waals surface area contributed by atoms with Crippen LogP contribution in [0.15, 0.2) is 30.3 Å². The van der Waals surface area contributed by atoms with Gasteiger partial charge in [-0.25, -0.2) is 0 Å². The molecule has 0 aromatic heterocycles. The maximum atomic E-state index is 10.00. The largest absolute Gasteiger partial charge is 0.491 e. The van der Waals surface area contributed by atoms with Gasteiger partial charge in [0.25, 0.3) is 0 Å². The number of nitrogens with one attached hydrogen (secondary N) is 1. The molecule has 3 unspecified atom stereocenters. The second-order valence-electron chi connectivity index (χ2n) is 6.24. The van der Waals surface area contributed by atoms with Crippen molar-refractivity contribution in [3.8, 4) is 5.75 Å². The second kappa shape index (κ2) is 7.25. The SMILES string of the molecule is CCOC1CC(NCC(O)COc2ccccc2)C1(C)C. The summed E-state index contributed by atoms with van der Waals surface area (Å²) in [5, 5.41) is 13.4. The molecular weight excluding hydrogens is 266 g/mol. The first-order chi connectivity index (χ1) is 10.0. The van der Waals surface area contributed by atoms with Gasteiger partial charge >= 0.3 is 0 Å². The minimum absolute atomic E-state index is 0.121. The highest BCUT2D eigenvalue weighted by Crippen LogP contribution is 2.42. The van der Waals surface area contributed by atoms with Crippen LogP contribution in [0.4, 0.5) is 0 Å². The maximum Gasteiger partial charge on any atom is 0.119 e. The Labute approximate surface area is 127 Å². The molecular formula is C17H27NO3. The molecule has 0 aliphatic heterocycles. The van der Waals surface area contributed by atoms with Gasteiger partial charge in [-0.05, 0) is 25.5 Å². The van der Waals surface area contributed by atoms with E-state index in [0.29, 0.717) is 25.3 Å². The Bertz CT molecular complexity index is 421. The Morgan fingerprint density at radius 2 is 2.05 bits per heavy atom. The van der Waals surface area contributed by atoms with Gasteiger partial charge in [0.1, 0.15) is 18.5 Å². The van der Waals surface area contributed by atoms with Crippen LogP contribution in [0.25, 0.3) is 0 Å². The Kier molecular flexibility index (Phi) is 5.62. The van der Waals surface area contributed by atoms with Crippen molar-refractivity contribution in [1.29, 1.82) is 0 Å². The van der Waals surface area contributed by atoms with Crippen molar-refractivity contribution in [2.24, 2.45) is 5.41 Å². The van der Waals surface area contributed by atoms with Crippen molar-refractivity contribution in [2.45, 2.75) is 45.4 Å². The highest BCUT2D eigenvalue weighted by atomic mass is 16.5. The zero-order chi connectivity index (χ0) is 15.3. The fourth-order valence-corrected chi connectivity index (χ4v) is 2.76. The minimum atomic E-state index is -0.507. The first-order valence-electron chi connectivity index (χ1n) is 7.75. The van der Waals surface area contributed by atoms with Crippen LogP contribution in [0.1, 0.15) is 27.2 Å². The molecule has 2 rings (SSSR count). The fourth-order valence-electron chi connectivity index (χ4n) is 2.76. The summed E-state index contributed by atoms with van der Waals surface area (Å²) < 4.78 is 11.3. The van der Waals surface area contributed by atoms with Crippen LogP contribution in [-0.2, 0) is 4.74 Å². The van der Waals surface area contributed by atoms with Crippen molar-refractivity contribution in [1.82, 2.24) is 5.32 Å². The smallest absolute Gasteiger partial charge is 0.119 e. The zero-order valence-corrected chi connectivity index (χ0v) is 13.2. The third kappa shape index (κ3) is 4.19. The van der Waals surface area contributed by atoms with Crippen molar-refractivity contribution in [2.75, 3.05) is 19.8 Å². The van der Waals surface area contributed by atoms with Gasteiger partial charge in [-0.15, -0.1) is 0 Å². The second-order valence-corrected chi connectivity index (χ2v) is 6.24. The highest BCUT2D eigenvalue weighted by Gasteiger charge is 2.48. The number of aliphatic hydroxyl groups is 1. The molecule has 3 atom stereocenters.